The predicted octanol–water partition coefficient (Wildman–Crippen LogP) is 0.416. The highest BCUT2D eigenvalue weighted by Crippen LogP contribution is 2.18. The Bertz CT molecular complexity index is 355. The second-order valence-electron chi connectivity index (χ2n) is 3.69. The number of aromatic nitrogens is 1. The Balaban J connectivity index is 2.30. The van der Waals surface area contributed by atoms with Gasteiger partial charge in [0.15, 0.2) is 0 Å². The smallest absolute Gasteiger partial charge is 0.492 e. The van der Waals surface area contributed by atoms with Crippen LogP contribution >= 0.6 is 0 Å². The van der Waals surface area contributed by atoms with Gasteiger partial charge in [0, 0.05) is 18.7 Å². The molecule has 7 nitrogen and oxygen atoms in total. The zero-order chi connectivity index (χ0) is 12.8. The van der Waals surface area contributed by atoms with Crippen LogP contribution in [0.4, 0.5) is 4.79 Å². The lowest BCUT2D eigenvalue weighted by molar-refractivity contribution is 0.0341. The van der Waals surface area contributed by atoms with E-state index in [1.165, 1.54) is 12.1 Å². The number of nitrogens with zero attached hydrogens (tertiary/aromatic N) is 2. The van der Waals surface area contributed by atoms with Gasteiger partial charge in [-0.2, -0.15) is 0 Å². The molecule has 0 saturated heterocycles. The molecule has 0 aliphatic heterocycles. The van der Waals surface area contributed by atoms with E-state index in [0.717, 1.165) is 6.54 Å². The Morgan fingerprint density at radius 3 is 2.47 bits per heavy atom. The average Bonchev–Trinajstić information content (AvgIpc) is 2.56. The molecule has 0 atom stereocenters. The molecule has 0 aliphatic carbocycles. The number of carbonyl (C=O) groups excluding carboxylic acids is 1. The third-order valence-electron chi connectivity index (χ3n) is 1.93. The van der Waals surface area contributed by atoms with Gasteiger partial charge in [0.05, 0.1) is 6.61 Å². The number of rotatable bonds is 5. The summed E-state index contributed by atoms with van der Waals surface area (Å²) in [6.45, 7) is 0.993. The van der Waals surface area contributed by atoms with E-state index >= 15 is 0 Å². The molecule has 0 aliphatic rings. The number of hydrogen-bond donors (Lipinski definition) is 2. The van der Waals surface area contributed by atoms with Gasteiger partial charge >= 0.3 is 6.16 Å². The Hall–Kier alpha value is -1.89. The molecule has 17 heavy (non-hydrogen) atoms. The van der Waals surface area contributed by atoms with Crippen molar-refractivity contribution in [2.45, 2.75) is 6.42 Å². The summed E-state index contributed by atoms with van der Waals surface area (Å²) in [5.74, 6) is -0.763. The molecule has 1 aromatic rings. The van der Waals surface area contributed by atoms with Gasteiger partial charge < -0.3 is 19.8 Å². The third-order valence-corrected chi connectivity index (χ3v) is 1.93. The van der Waals surface area contributed by atoms with E-state index in [2.05, 4.69) is 4.84 Å². The summed E-state index contributed by atoms with van der Waals surface area (Å²) in [6.07, 6.45) is -0.309. The van der Waals surface area contributed by atoms with Gasteiger partial charge in [0.2, 0.25) is 11.8 Å². The molecule has 0 spiro atoms. The first-order valence-corrected chi connectivity index (χ1v) is 5.10. The molecule has 0 bridgehead atoms. The minimum atomic E-state index is -0.981. The lowest BCUT2D eigenvalue weighted by Gasteiger charge is -2.10. The van der Waals surface area contributed by atoms with Crippen LogP contribution in [-0.2, 0) is 4.74 Å². The summed E-state index contributed by atoms with van der Waals surface area (Å²) in [4.78, 5) is 17.7. The molecule has 1 heterocycles. The van der Waals surface area contributed by atoms with Crippen LogP contribution in [-0.4, -0.2) is 53.2 Å². The van der Waals surface area contributed by atoms with Crippen LogP contribution in [0, 0.1) is 0 Å². The zero-order valence-corrected chi connectivity index (χ0v) is 9.79. The van der Waals surface area contributed by atoms with Crippen molar-refractivity contribution in [2.75, 3.05) is 27.2 Å². The average molecular weight is 244 g/mol. The molecule has 1 rings (SSSR count). The maximum absolute atomic E-state index is 11.2. The lowest BCUT2D eigenvalue weighted by atomic mass is 10.4. The Morgan fingerprint density at radius 2 is 1.94 bits per heavy atom. The zero-order valence-electron chi connectivity index (χ0n) is 9.79. The van der Waals surface area contributed by atoms with Gasteiger partial charge in [-0.3, -0.25) is 4.84 Å². The summed E-state index contributed by atoms with van der Waals surface area (Å²) < 4.78 is 5.32. The Morgan fingerprint density at radius 1 is 1.35 bits per heavy atom. The fraction of sp³-hybridized carbons (Fsp3) is 0.500. The van der Waals surface area contributed by atoms with Gasteiger partial charge in [-0.05, 0) is 20.5 Å². The quantitative estimate of drug-likeness (QED) is 0.576. The van der Waals surface area contributed by atoms with Crippen LogP contribution in [0.1, 0.15) is 6.42 Å². The second-order valence-corrected chi connectivity index (χ2v) is 3.69. The van der Waals surface area contributed by atoms with Crippen LogP contribution in [0.25, 0.3) is 0 Å². The highest BCUT2D eigenvalue weighted by Gasteiger charge is 2.12. The van der Waals surface area contributed by atoms with Crippen molar-refractivity contribution in [1.29, 1.82) is 0 Å². The van der Waals surface area contributed by atoms with Crippen molar-refractivity contribution in [2.24, 2.45) is 0 Å². The Kier molecular flexibility index (Phi) is 4.65. The first-order valence-electron chi connectivity index (χ1n) is 5.10. The van der Waals surface area contributed by atoms with Crippen molar-refractivity contribution in [1.82, 2.24) is 9.63 Å². The van der Waals surface area contributed by atoms with Crippen molar-refractivity contribution in [3.63, 3.8) is 0 Å². The molecular weight excluding hydrogens is 228 g/mol. The largest absolute Gasteiger partial charge is 0.533 e. The van der Waals surface area contributed by atoms with Crippen molar-refractivity contribution in [3.05, 3.63) is 12.1 Å². The fourth-order valence-electron chi connectivity index (χ4n) is 1.13. The fourth-order valence-corrected chi connectivity index (χ4v) is 1.13. The van der Waals surface area contributed by atoms with Crippen LogP contribution in [0.2, 0.25) is 0 Å². The maximum Gasteiger partial charge on any atom is 0.533 e. The molecule has 0 radical (unpaired) electrons. The monoisotopic (exact) mass is 244 g/mol. The van der Waals surface area contributed by atoms with Crippen molar-refractivity contribution < 1.29 is 24.6 Å². The van der Waals surface area contributed by atoms with E-state index in [-0.39, 0.29) is 18.4 Å². The van der Waals surface area contributed by atoms with Crippen LogP contribution in [0.15, 0.2) is 12.1 Å². The summed E-state index contributed by atoms with van der Waals surface area (Å²) >= 11 is 0. The SMILES string of the molecule is CN(C)CCCOC(=O)On1c(O)ccc1O. The predicted molar refractivity (Wildman–Crippen MR) is 58.9 cm³/mol. The second kappa shape index (κ2) is 6.00. The van der Waals surface area contributed by atoms with Gasteiger partial charge in [-0.15, -0.1) is 4.73 Å². The van der Waals surface area contributed by atoms with E-state index in [1.54, 1.807) is 0 Å². The van der Waals surface area contributed by atoms with E-state index in [9.17, 15) is 15.0 Å². The van der Waals surface area contributed by atoms with E-state index in [4.69, 9.17) is 4.74 Å². The number of hydrogen-bond acceptors (Lipinski definition) is 6. The van der Waals surface area contributed by atoms with Gasteiger partial charge in [0.1, 0.15) is 0 Å². The van der Waals surface area contributed by atoms with Gasteiger partial charge in [-0.1, -0.05) is 0 Å². The van der Waals surface area contributed by atoms with Crippen molar-refractivity contribution >= 4 is 6.16 Å². The number of aromatic hydroxyl groups is 2. The number of ether oxygens (including phenoxy) is 1. The third kappa shape index (κ3) is 4.23. The molecule has 0 unspecified atom stereocenters. The van der Waals surface area contributed by atoms with E-state index < -0.39 is 6.16 Å². The lowest BCUT2D eigenvalue weighted by Crippen LogP contribution is -2.22. The molecule has 2 N–H and O–H groups in total. The minimum absolute atomic E-state index is 0.208. The minimum Gasteiger partial charge on any atom is -0.492 e. The normalized spacial score (nSPS) is 10.5. The summed E-state index contributed by atoms with van der Waals surface area (Å²) in [6, 6.07) is 2.38. The first kappa shape index (κ1) is 13.2. The molecule has 0 aromatic carbocycles. The highest BCUT2D eigenvalue weighted by molar-refractivity contribution is 5.60. The highest BCUT2D eigenvalue weighted by atomic mass is 16.8. The van der Waals surface area contributed by atoms with E-state index in [0.29, 0.717) is 11.2 Å². The molecule has 0 amide bonds. The number of carbonyl (C=O) groups is 1. The van der Waals surface area contributed by atoms with Crippen molar-refractivity contribution in [3.8, 4) is 11.8 Å². The Labute approximate surface area is 98.7 Å². The van der Waals surface area contributed by atoms with E-state index in [1.807, 2.05) is 19.0 Å². The van der Waals surface area contributed by atoms with Crippen LogP contribution in [0.5, 0.6) is 11.8 Å². The molecule has 96 valence electrons. The van der Waals surface area contributed by atoms with Crippen LogP contribution < -0.4 is 4.84 Å². The summed E-state index contributed by atoms with van der Waals surface area (Å²) in [5, 5.41) is 18.4. The topological polar surface area (TPSA) is 84.2 Å². The molecule has 0 fully saturated rings. The first-order chi connectivity index (χ1) is 8.00. The molecular formula is C10H16N2O5. The summed E-state index contributed by atoms with van der Waals surface area (Å²) in [7, 11) is 3.82. The molecule has 1 aromatic heterocycles. The van der Waals surface area contributed by atoms with Gasteiger partial charge in [0.25, 0.3) is 0 Å². The standard InChI is InChI=1S/C10H16N2O5/c1-11(2)6-3-7-16-10(15)17-12-8(13)4-5-9(12)14/h4-5,13-14H,3,6-7H2,1-2H3. The molecule has 0 saturated carbocycles. The maximum atomic E-state index is 11.2. The summed E-state index contributed by atoms with van der Waals surface area (Å²) in [5.41, 5.74) is 0. The van der Waals surface area contributed by atoms with Gasteiger partial charge in [-0.25, -0.2) is 4.79 Å². The van der Waals surface area contributed by atoms with Crippen LogP contribution in [0.3, 0.4) is 0 Å². The molecule has 7 heteroatoms.